The summed E-state index contributed by atoms with van der Waals surface area (Å²) >= 11 is 0. The third kappa shape index (κ3) is 4.89. The van der Waals surface area contributed by atoms with E-state index in [2.05, 4.69) is 53.7 Å². The smallest absolute Gasteiger partial charge is 0.184 e. The number of hydrogen-bond donors (Lipinski definition) is 0. The van der Waals surface area contributed by atoms with Gasteiger partial charge in [-0.3, -0.25) is 4.79 Å². The fraction of sp³-hybridized carbons (Fsp3) is 0.688. The van der Waals surface area contributed by atoms with Crippen LogP contribution in [0.1, 0.15) is 60.8 Å². The van der Waals surface area contributed by atoms with Crippen molar-refractivity contribution < 1.29 is 4.79 Å². The van der Waals surface area contributed by atoms with Gasteiger partial charge in [0.05, 0.1) is 0 Å². The van der Waals surface area contributed by atoms with Crippen LogP contribution < -0.4 is 0 Å². The normalized spacial score (nSPS) is 23.5. The summed E-state index contributed by atoms with van der Waals surface area (Å²) in [5.74, 6) is 0.279. The summed E-state index contributed by atoms with van der Waals surface area (Å²) in [6, 6.07) is 0. The highest BCUT2D eigenvalue weighted by Crippen LogP contribution is 2.31. The van der Waals surface area contributed by atoms with Gasteiger partial charge in [0.25, 0.3) is 0 Å². The Bertz CT molecular complexity index is 322. The molecule has 0 aromatic heterocycles. The fourth-order valence-electron chi connectivity index (χ4n) is 2.22. The number of hydrogen-bond acceptors (Lipinski definition) is 1. The lowest BCUT2D eigenvalue weighted by Gasteiger charge is -2.23. The number of Topliss-reactive ketones (excluding diaryl/α,β-unsaturated/α-hetero) is 1. The number of allylic oxidation sites excluding steroid dienone is 4. The SMILES string of the molecule is CC(C)(C)C=C1CCC/C(=C\C(C)(C)C)C1=O. The molecule has 0 atom stereocenters. The van der Waals surface area contributed by atoms with Crippen molar-refractivity contribution in [3.63, 3.8) is 0 Å². The van der Waals surface area contributed by atoms with E-state index in [0.29, 0.717) is 0 Å². The highest BCUT2D eigenvalue weighted by molar-refractivity contribution is 6.09. The summed E-state index contributed by atoms with van der Waals surface area (Å²) in [5, 5.41) is 0. The Morgan fingerprint density at radius 3 is 1.47 bits per heavy atom. The Labute approximate surface area is 106 Å². The van der Waals surface area contributed by atoms with Crippen LogP contribution in [0.2, 0.25) is 0 Å². The Morgan fingerprint density at radius 2 is 1.18 bits per heavy atom. The molecular weight excluding hydrogens is 208 g/mol. The van der Waals surface area contributed by atoms with E-state index >= 15 is 0 Å². The molecule has 1 aliphatic rings. The number of carbonyl (C=O) groups excluding carboxylic acids is 1. The summed E-state index contributed by atoms with van der Waals surface area (Å²) in [6.45, 7) is 12.9. The molecule has 0 aromatic carbocycles. The quantitative estimate of drug-likeness (QED) is 0.556. The molecule has 1 nitrogen and oxygen atoms in total. The minimum Gasteiger partial charge on any atom is -0.289 e. The van der Waals surface area contributed by atoms with Crippen molar-refractivity contribution in [2.75, 3.05) is 0 Å². The topological polar surface area (TPSA) is 17.1 Å². The van der Waals surface area contributed by atoms with Gasteiger partial charge in [-0.05, 0) is 41.2 Å². The van der Waals surface area contributed by atoms with Crippen LogP contribution in [0, 0.1) is 10.8 Å². The third-order valence-electron chi connectivity index (χ3n) is 2.69. The zero-order chi connectivity index (χ0) is 13.3. The third-order valence-corrected chi connectivity index (χ3v) is 2.69. The minimum absolute atomic E-state index is 0.0924. The number of rotatable bonds is 0. The largest absolute Gasteiger partial charge is 0.289 e. The van der Waals surface area contributed by atoms with Crippen molar-refractivity contribution in [3.8, 4) is 0 Å². The fourth-order valence-corrected chi connectivity index (χ4v) is 2.22. The molecule has 96 valence electrons. The number of ketones is 1. The lowest BCUT2D eigenvalue weighted by molar-refractivity contribution is -0.113. The zero-order valence-corrected chi connectivity index (χ0v) is 12.2. The molecule has 0 spiro atoms. The highest BCUT2D eigenvalue weighted by atomic mass is 16.1. The van der Waals surface area contributed by atoms with Crippen LogP contribution in [-0.2, 0) is 4.79 Å². The van der Waals surface area contributed by atoms with Gasteiger partial charge in [0.15, 0.2) is 5.78 Å². The molecule has 17 heavy (non-hydrogen) atoms. The molecule has 0 amide bonds. The molecule has 1 heteroatoms. The minimum atomic E-state index is 0.0924. The maximum absolute atomic E-state index is 12.3. The second kappa shape index (κ2) is 4.80. The molecule has 1 saturated carbocycles. The lowest BCUT2D eigenvalue weighted by atomic mass is 9.81. The average molecular weight is 234 g/mol. The highest BCUT2D eigenvalue weighted by Gasteiger charge is 2.23. The Hall–Kier alpha value is -0.850. The van der Waals surface area contributed by atoms with Gasteiger partial charge in [-0.25, -0.2) is 0 Å². The standard InChI is InChI=1S/C16H26O/c1-15(2,3)10-12-8-7-9-13(14(12)17)11-16(4,5)6/h10-11H,7-9H2,1-6H3/b12-10+,13-11?. The van der Waals surface area contributed by atoms with E-state index in [1.807, 2.05) is 0 Å². The molecule has 0 saturated heterocycles. The van der Waals surface area contributed by atoms with Crippen molar-refractivity contribution in [2.45, 2.75) is 60.8 Å². The number of carbonyl (C=O) groups is 1. The van der Waals surface area contributed by atoms with Crippen LogP contribution in [0.15, 0.2) is 23.3 Å². The van der Waals surface area contributed by atoms with Gasteiger partial charge in [-0.15, -0.1) is 0 Å². The molecular formula is C16H26O. The monoisotopic (exact) mass is 234 g/mol. The van der Waals surface area contributed by atoms with Crippen molar-refractivity contribution >= 4 is 5.78 Å². The lowest BCUT2D eigenvalue weighted by Crippen LogP contribution is -2.17. The predicted molar refractivity (Wildman–Crippen MR) is 73.9 cm³/mol. The van der Waals surface area contributed by atoms with Crippen LogP contribution in [-0.4, -0.2) is 5.78 Å². The molecule has 1 fully saturated rings. The first-order valence-corrected chi connectivity index (χ1v) is 6.57. The van der Waals surface area contributed by atoms with Crippen molar-refractivity contribution in [1.82, 2.24) is 0 Å². The van der Waals surface area contributed by atoms with Crippen LogP contribution in [0.3, 0.4) is 0 Å². The van der Waals surface area contributed by atoms with Crippen LogP contribution in [0.5, 0.6) is 0 Å². The summed E-state index contributed by atoms with van der Waals surface area (Å²) in [7, 11) is 0. The molecule has 0 bridgehead atoms. The van der Waals surface area contributed by atoms with Gasteiger partial charge >= 0.3 is 0 Å². The van der Waals surface area contributed by atoms with E-state index in [9.17, 15) is 4.79 Å². The van der Waals surface area contributed by atoms with E-state index in [4.69, 9.17) is 0 Å². The first-order chi connectivity index (χ1) is 7.58. The summed E-state index contributed by atoms with van der Waals surface area (Å²) < 4.78 is 0. The Balaban J connectivity index is 2.99. The molecule has 0 heterocycles. The molecule has 0 aromatic rings. The van der Waals surface area contributed by atoms with Crippen LogP contribution in [0.25, 0.3) is 0 Å². The molecule has 0 radical (unpaired) electrons. The van der Waals surface area contributed by atoms with E-state index in [0.717, 1.165) is 30.4 Å². The molecule has 0 unspecified atom stereocenters. The maximum atomic E-state index is 12.3. The van der Waals surface area contributed by atoms with Gasteiger partial charge in [0.2, 0.25) is 0 Å². The van der Waals surface area contributed by atoms with E-state index in [-0.39, 0.29) is 16.6 Å². The summed E-state index contributed by atoms with van der Waals surface area (Å²) in [6.07, 6.45) is 7.28. The molecule has 0 N–H and O–H groups in total. The van der Waals surface area contributed by atoms with E-state index < -0.39 is 0 Å². The van der Waals surface area contributed by atoms with Gasteiger partial charge in [0.1, 0.15) is 0 Å². The van der Waals surface area contributed by atoms with Crippen molar-refractivity contribution in [3.05, 3.63) is 23.3 Å². The van der Waals surface area contributed by atoms with E-state index in [1.165, 1.54) is 0 Å². The molecule has 0 aliphatic heterocycles. The maximum Gasteiger partial charge on any atom is 0.184 e. The van der Waals surface area contributed by atoms with Crippen molar-refractivity contribution in [1.29, 1.82) is 0 Å². The zero-order valence-electron chi connectivity index (χ0n) is 12.2. The van der Waals surface area contributed by atoms with Crippen LogP contribution >= 0.6 is 0 Å². The van der Waals surface area contributed by atoms with E-state index in [1.54, 1.807) is 0 Å². The first kappa shape index (κ1) is 14.2. The summed E-state index contributed by atoms with van der Waals surface area (Å²) in [4.78, 5) is 12.3. The van der Waals surface area contributed by atoms with Crippen molar-refractivity contribution in [2.24, 2.45) is 10.8 Å². The van der Waals surface area contributed by atoms with Gasteiger partial charge in [-0.2, -0.15) is 0 Å². The molecule has 1 aliphatic carbocycles. The van der Waals surface area contributed by atoms with Gasteiger partial charge < -0.3 is 0 Å². The van der Waals surface area contributed by atoms with Gasteiger partial charge in [-0.1, -0.05) is 53.7 Å². The predicted octanol–water partition coefficient (Wildman–Crippen LogP) is 4.68. The average Bonchev–Trinajstić information content (AvgIpc) is 2.07. The first-order valence-electron chi connectivity index (χ1n) is 6.57. The second-order valence-electron chi connectivity index (χ2n) is 7.25. The Kier molecular flexibility index (Phi) is 4.01. The molecule has 1 rings (SSSR count). The Morgan fingerprint density at radius 1 is 0.824 bits per heavy atom. The summed E-state index contributed by atoms with van der Waals surface area (Å²) in [5.41, 5.74) is 2.21. The van der Waals surface area contributed by atoms with Gasteiger partial charge in [0, 0.05) is 0 Å². The second-order valence-corrected chi connectivity index (χ2v) is 7.25. The van der Waals surface area contributed by atoms with Crippen LogP contribution in [0.4, 0.5) is 0 Å².